The van der Waals surface area contributed by atoms with Gasteiger partial charge < -0.3 is 15.0 Å². The monoisotopic (exact) mass is 539 g/mol. The van der Waals surface area contributed by atoms with E-state index in [0.717, 1.165) is 48.4 Å². The van der Waals surface area contributed by atoms with Gasteiger partial charge in [0.15, 0.2) is 0 Å². The summed E-state index contributed by atoms with van der Waals surface area (Å²) in [7, 11) is -2.41. The molecule has 0 bridgehead atoms. The largest absolute Gasteiger partial charge is 0.497 e. The number of hydrogen-bond acceptors (Lipinski definition) is 5. The van der Waals surface area contributed by atoms with Crippen molar-refractivity contribution in [3.05, 3.63) is 58.9 Å². The standard InChI is InChI=1S/C25H31ClFN3O5S/c1-17(25(32)28-19-8-4-5-9-19)29(15-18-7-6-10-21(13-18)35-2)24(31)16-30(36(3,33)34)20-11-12-23(27)22(26)14-20/h6-7,10-14,17,19H,4-5,8-9,15-16H2,1-3H3,(H,28,32). The summed E-state index contributed by atoms with van der Waals surface area (Å²) in [6.07, 6.45) is 4.79. The number of halogens is 2. The van der Waals surface area contributed by atoms with Crippen molar-refractivity contribution >= 4 is 39.1 Å². The van der Waals surface area contributed by atoms with Crippen LogP contribution < -0.4 is 14.4 Å². The van der Waals surface area contributed by atoms with Crippen LogP contribution in [0.4, 0.5) is 10.1 Å². The van der Waals surface area contributed by atoms with Crippen molar-refractivity contribution in [1.29, 1.82) is 0 Å². The van der Waals surface area contributed by atoms with Gasteiger partial charge in [-0.1, -0.05) is 36.6 Å². The van der Waals surface area contributed by atoms with Crippen LogP contribution in [0.3, 0.4) is 0 Å². The topological polar surface area (TPSA) is 96.0 Å². The molecule has 2 aromatic carbocycles. The summed E-state index contributed by atoms with van der Waals surface area (Å²) in [5.74, 6) is -1.04. The molecule has 1 aliphatic rings. The van der Waals surface area contributed by atoms with Crippen molar-refractivity contribution in [2.45, 2.75) is 51.2 Å². The zero-order valence-electron chi connectivity index (χ0n) is 20.5. The van der Waals surface area contributed by atoms with Crippen molar-refractivity contribution in [3.63, 3.8) is 0 Å². The number of sulfonamides is 1. The Kier molecular flexibility index (Phi) is 9.19. The maximum Gasteiger partial charge on any atom is 0.244 e. The van der Waals surface area contributed by atoms with Crippen LogP contribution in [0.2, 0.25) is 5.02 Å². The summed E-state index contributed by atoms with van der Waals surface area (Å²) in [5, 5.41) is 2.73. The molecule has 11 heteroatoms. The van der Waals surface area contributed by atoms with Gasteiger partial charge in [0.2, 0.25) is 21.8 Å². The van der Waals surface area contributed by atoms with Gasteiger partial charge in [-0.3, -0.25) is 13.9 Å². The highest BCUT2D eigenvalue weighted by molar-refractivity contribution is 7.92. The molecule has 36 heavy (non-hydrogen) atoms. The van der Waals surface area contributed by atoms with Crippen LogP contribution in [0.15, 0.2) is 42.5 Å². The van der Waals surface area contributed by atoms with Crippen LogP contribution in [-0.2, 0) is 26.2 Å². The second-order valence-electron chi connectivity index (χ2n) is 8.91. The lowest BCUT2D eigenvalue weighted by molar-refractivity contribution is -0.139. The highest BCUT2D eigenvalue weighted by Crippen LogP contribution is 2.25. The first-order valence-corrected chi connectivity index (χ1v) is 13.9. The molecule has 8 nitrogen and oxygen atoms in total. The van der Waals surface area contributed by atoms with Gasteiger partial charge in [0.05, 0.1) is 24.1 Å². The van der Waals surface area contributed by atoms with Gasteiger partial charge in [0, 0.05) is 12.6 Å². The number of ether oxygens (including phenoxy) is 1. The zero-order valence-corrected chi connectivity index (χ0v) is 22.1. The minimum absolute atomic E-state index is 0.0432. The van der Waals surface area contributed by atoms with E-state index >= 15 is 0 Å². The van der Waals surface area contributed by atoms with E-state index in [4.69, 9.17) is 16.3 Å². The molecule has 0 radical (unpaired) electrons. The Morgan fingerprint density at radius 2 is 1.89 bits per heavy atom. The highest BCUT2D eigenvalue weighted by atomic mass is 35.5. The zero-order chi connectivity index (χ0) is 26.5. The van der Waals surface area contributed by atoms with Crippen molar-refractivity contribution in [2.75, 3.05) is 24.2 Å². The Bertz CT molecular complexity index is 1200. The van der Waals surface area contributed by atoms with Gasteiger partial charge in [-0.2, -0.15) is 0 Å². The molecule has 1 unspecified atom stereocenters. The molecule has 196 valence electrons. The van der Waals surface area contributed by atoms with E-state index in [9.17, 15) is 22.4 Å². The summed E-state index contributed by atoms with van der Waals surface area (Å²) in [5.41, 5.74) is 0.751. The number of benzene rings is 2. The highest BCUT2D eigenvalue weighted by Gasteiger charge is 2.31. The first kappa shape index (κ1) is 27.7. The van der Waals surface area contributed by atoms with Gasteiger partial charge in [0.25, 0.3) is 0 Å². The number of carbonyl (C=O) groups is 2. The number of nitrogens with one attached hydrogen (secondary N) is 1. The van der Waals surface area contributed by atoms with E-state index < -0.39 is 34.3 Å². The molecular formula is C25H31ClFN3O5S. The molecule has 1 saturated carbocycles. The van der Waals surface area contributed by atoms with Crippen LogP contribution >= 0.6 is 11.6 Å². The van der Waals surface area contributed by atoms with E-state index in [1.165, 1.54) is 18.1 Å². The molecule has 3 rings (SSSR count). The fourth-order valence-corrected chi connectivity index (χ4v) is 5.21. The van der Waals surface area contributed by atoms with Gasteiger partial charge in [-0.05, 0) is 55.7 Å². The Hall–Kier alpha value is -2.85. The van der Waals surface area contributed by atoms with E-state index in [-0.39, 0.29) is 29.2 Å². The van der Waals surface area contributed by atoms with Gasteiger partial charge >= 0.3 is 0 Å². The van der Waals surface area contributed by atoms with E-state index in [0.29, 0.717) is 11.3 Å². The predicted octanol–water partition coefficient (Wildman–Crippen LogP) is 3.73. The molecule has 0 saturated heterocycles. The minimum atomic E-state index is -3.94. The molecule has 1 aliphatic carbocycles. The van der Waals surface area contributed by atoms with Crippen LogP contribution in [0, 0.1) is 5.82 Å². The molecule has 2 amide bonds. The lowest BCUT2D eigenvalue weighted by atomic mass is 10.1. The number of anilines is 1. The van der Waals surface area contributed by atoms with Gasteiger partial charge in [-0.15, -0.1) is 0 Å². The SMILES string of the molecule is COc1cccc(CN(C(=O)CN(c2ccc(F)c(Cl)c2)S(C)(=O)=O)C(C)C(=O)NC2CCCC2)c1. The van der Waals surface area contributed by atoms with Gasteiger partial charge in [0.1, 0.15) is 24.2 Å². The number of methoxy groups -OCH3 is 1. The summed E-state index contributed by atoms with van der Waals surface area (Å²) >= 11 is 5.86. The number of carbonyl (C=O) groups excluding carboxylic acids is 2. The quantitative estimate of drug-likeness (QED) is 0.496. The molecule has 0 heterocycles. The van der Waals surface area contributed by atoms with Crippen molar-refractivity contribution < 1.29 is 27.1 Å². The van der Waals surface area contributed by atoms with Crippen LogP contribution in [0.25, 0.3) is 0 Å². The molecular weight excluding hydrogens is 509 g/mol. The Morgan fingerprint density at radius 1 is 1.19 bits per heavy atom. The normalized spacial score (nSPS) is 14.8. The first-order chi connectivity index (χ1) is 17.0. The Balaban J connectivity index is 1.90. The number of nitrogens with zero attached hydrogens (tertiary/aromatic N) is 2. The Morgan fingerprint density at radius 3 is 2.50 bits per heavy atom. The van der Waals surface area contributed by atoms with Crippen molar-refractivity contribution in [3.8, 4) is 5.75 Å². The lowest BCUT2D eigenvalue weighted by Gasteiger charge is -2.32. The summed E-state index contributed by atoms with van der Waals surface area (Å²) in [6, 6.07) is 9.66. The van der Waals surface area contributed by atoms with Crippen molar-refractivity contribution in [1.82, 2.24) is 10.2 Å². The number of hydrogen-bond donors (Lipinski definition) is 1. The average molecular weight is 540 g/mol. The Labute approximate surface area is 216 Å². The third-order valence-corrected chi connectivity index (χ3v) is 7.66. The second-order valence-corrected chi connectivity index (χ2v) is 11.2. The summed E-state index contributed by atoms with van der Waals surface area (Å²) in [6.45, 7) is 1.07. The molecule has 0 spiro atoms. The van der Waals surface area contributed by atoms with Crippen LogP contribution in [0.5, 0.6) is 5.75 Å². The number of amides is 2. The maximum atomic E-state index is 13.7. The molecule has 0 aromatic heterocycles. The lowest BCUT2D eigenvalue weighted by Crippen LogP contribution is -2.52. The summed E-state index contributed by atoms with van der Waals surface area (Å²) in [4.78, 5) is 28.0. The van der Waals surface area contributed by atoms with Crippen LogP contribution in [0.1, 0.15) is 38.2 Å². The summed E-state index contributed by atoms with van der Waals surface area (Å²) < 4.78 is 45.0. The first-order valence-electron chi connectivity index (χ1n) is 11.6. The third-order valence-electron chi connectivity index (χ3n) is 6.23. The molecule has 1 atom stereocenters. The maximum absolute atomic E-state index is 13.7. The molecule has 1 fully saturated rings. The van der Waals surface area contributed by atoms with E-state index in [2.05, 4.69) is 5.32 Å². The smallest absolute Gasteiger partial charge is 0.244 e. The van der Waals surface area contributed by atoms with Gasteiger partial charge in [-0.25, -0.2) is 12.8 Å². The fraction of sp³-hybridized carbons (Fsp3) is 0.440. The van der Waals surface area contributed by atoms with E-state index in [1.54, 1.807) is 31.2 Å². The molecule has 0 aliphatic heterocycles. The second kappa shape index (κ2) is 11.9. The van der Waals surface area contributed by atoms with Crippen molar-refractivity contribution in [2.24, 2.45) is 0 Å². The predicted molar refractivity (Wildman–Crippen MR) is 137 cm³/mol. The molecule has 2 aromatic rings. The minimum Gasteiger partial charge on any atom is -0.497 e. The number of rotatable bonds is 10. The average Bonchev–Trinajstić information content (AvgIpc) is 3.34. The van der Waals surface area contributed by atoms with E-state index in [1.807, 2.05) is 0 Å². The van der Waals surface area contributed by atoms with Crippen LogP contribution in [-0.4, -0.2) is 57.1 Å². The third kappa shape index (κ3) is 7.10. The molecule has 1 N–H and O–H groups in total. The fourth-order valence-electron chi connectivity index (χ4n) is 4.20.